The number of fused-ring (bicyclic) bond motifs is 1. The zero-order valence-electron chi connectivity index (χ0n) is 14.7. The third kappa shape index (κ3) is 4.58. The van der Waals surface area contributed by atoms with Gasteiger partial charge in [0.05, 0.1) is 0 Å². The largest absolute Gasteiger partial charge is 0.295 e. The van der Waals surface area contributed by atoms with Crippen LogP contribution >= 0.6 is 0 Å². The molecule has 0 amide bonds. The van der Waals surface area contributed by atoms with Crippen LogP contribution in [0.1, 0.15) is 63.5 Å². The van der Waals surface area contributed by atoms with Crippen LogP contribution < -0.4 is 0 Å². The van der Waals surface area contributed by atoms with E-state index in [1.807, 2.05) is 30.3 Å². The molecule has 2 rings (SSSR count). The van der Waals surface area contributed by atoms with E-state index in [1.54, 1.807) is 0 Å². The molecule has 3 nitrogen and oxygen atoms in total. The van der Waals surface area contributed by atoms with Gasteiger partial charge in [0.1, 0.15) is 4.90 Å². The molecule has 0 heterocycles. The lowest BCUT2D eigenvalue weighted by atomic mass is 9.94. The fourth-order valence-corrected chi connectivity index (χ4v) is 4.36. The molecule has 0 bridgehead atoms. The summed E-state index contributed by atoms with van der Waals surface area (Å²) in [5.41, 5.74) is 1.55. The Morgan fingerprint density at radius 1 is 0.917 bits per heavy atom. The smallest absolute Gasteiger partial charge is 0.282 e. The lowest BCUT2D eigenvalue weighted by Crippen LogP contribution is -2.09. The Morgan fingerprint density at radius 2 is 1.54 bits per heavy atom. The van der Waals surface area contributed by atoms with Crippen molar-refractivity contribution in [2.75, 3.05) is 0 Å². The van der Waals surface area contributed by atoms with Gasteiger partial charge in [-0.1, -0.05) is 63.8 Å². The Kier molecular flexibility index (Phi) is 6.81. The first-order valence-corrected chi connectivity index (χ1v) is 10.4. The van der Waals surface area contributed by atoms with Crippen molar-refractivity contribution < 1.29 is 13.0 Å². The van der Waals surface area contributed by atoms with Crippen molar-refractivity contribution in [3.8, 4) is 0 Å². The summed E-state index contributed by atoms with van der Waals surface area (Å²) in [6.45, 7) is 4.25. The highest BCUT2D eigenvalue weighted by molar-refractivity contribution is 7.86. The van der Waals surface area contributed by atoms with Gasteiger partial charge in [0.15, 0.2) is 0 Å². The SMILES string of the molecule is CCCCCc1cc2ccccc2c(CCCCC)c1S(=O)(=O)O. The Morgan fingerprint density at radius 3 is 2.17 bits per heavy atom. The first-order valence-electron chi connectivity index (χ1n) is 9.00. The van der Waals surface area contributed by atoms with Crippen LogP contribution in [-0.4, -0.2) is 13.0 Å². The average molecular weight is 349 g/mol. The molecule has 0 aliphatic rings. The number of hydrogen-bond donors (Lipinski definition) is 1. The summed E-state index contributed by atoms with van der Waals surface area (Å²) >= 11 is 0. The van der Waals surface area contributed by atoms with Crippen LogP contribution in [0.5, 0.6) is 0 Å². The van der Waals surface area contributed by atoms with Crippen LogP contribution in [0.15, 0.2) is 35.2 Å². The fraction of sp³-hybridized carbons (Fsp3) is 0.500. The van der Waals surface area contributed by atoms with Gasteiger partial charge >= 0.3 is 0 Å². The highest BCUT2D eigenvalue weighted by atomic mass is 32.2. The highest BCUT2D eigenvalue weighted by Crippen LogP contribution is 2.32. The topological polar surface area (TPSA) is 54.4 Å². The molecule has 4 heteroatoms. The van der Waals surface area contributed by atoms with Gasteiger partial charge in [0.2, 0.25) is 0 Å². The predicted octanol–water partition coefficient (Wildman–Crippen LogP) is 5.55. The Hall–Kier alpha value is -1.39. The van der Waals surface area contributed by atoms with E-state index in [1.165, 1.54) is 0 Å². The van der Waals surface area contributed by atoms with E-state index in [9.17, 15) is 13.0 Å². The minimum Gasteiger partial charge on any atom is -0.282 e. The molecule has 0 aliphatic carbocycles. The summed E-state index contributed by atoms with van der Waals surface area (Å²) in [7, 11) is -4.23. The molecule has 0 saturated heterocycles. The molecule has 132 valence electrons. The standard InChI is InChI=1S/C20H28O3S/c1-3-5-7-12-17-15-16-11-9-10-13-18(16)19(14-8-6-4-2)20(17)24(21,22)23/h9-11,13,15H,3-8,12,14H2,1-2H3,(H,21,22,23). The van der Waals surface area contributed by atoms with E-state index in [-0.39, 0.29) is 4.90 Å². The maximum atomic E-state index is 12.1. The molecule has 0 atom stereocenters. The second-order valence-electron chi connectivity index (χ2n) is 6.45. The normalized spacial score (nSPS) is 12.0. The lowest BCUT2D eigenvalue weighted by Gasteiger charge is -2.16. The second kappa shape index (κ2) is 8.63. The monoisotopic (exact) mass is 348 g/mol. The third-order valence-electron chi connectivity index (χ3n) is 4.52. The van der Waals surface area contributed by atoms with Crippen molar-refractivity contribution in [2.24, 2.45) is 0 Å². The number of aryl methyl sites for hydroxylation is 2. The van der Waals surface area contributed by atoms with Gasteiger partial charge in [-0.2, -0.15) is 8.42 Å². The number of hydrogen-bond acceptors (Lipinski definition) is 2. The molecule has 2 aromatic rings. The van der Waals surface area contributed by atoms with Gasteiger partial charge in [-0.15, -0.1) is 0 Å². The second-order valence-corrected chi connectivity index (χ2v) is 7.81. The molecule has 0 aromatic heterocycles. The molecule has 1 N–H and O–H groups in total. The van der Waals surface area contributed by atoms with Crippen LogP contribution in [0.2, 0.25) is 0 Å². The van der Waals surface area contributed by atoms with E-state index < -0.39 is 10.1 Å². The van der Waals surface area contributed by atoms with E-state index in [0.29, 0.717) is 12.8 Å². The van der Waals surface area contributed by atoms with Gasteiger partial charge in [-0.3, -0.25) is 4.55 Å². The van der Waals surface area contributed by atoms with Crippen molar-refractivity contribution in [2.45, 2.75) is 70.1 Å². The van der Waals surface area contributed by atoms with Crippen LogP contribution in [0.3, 0.4) is 0 Å². The van der Waals surface area contributed by atoms with Gasteiger partial charge < -0.3 is 0 Å². The molecule has 0 unspecified atom stereocenters. The molecule has 0 radical (unpaired) electrons. The van der Waals surface area contributed by atoms with Gasteiger partial charge in [0.25, 0.3) is 10.1 Å². The summed E-state index contributed by atoms with van der Waals surface area (Å²) in [5.74, 6) is 0. The molecule has 0 fully saturated rings. The van der Waals surface area contributed by atoms with Crippen LogP contribution in [0, 0.1) is 0 Å². The van der Waals surface area contributed by atoms with Gasteiger partial charge in [0, 0.05) is 0 Å². The van der Waals surface area contributed by atoms with E-state index >= 15 is 0 Å². The molecule has 0 spiro atoms. The highest BCUT2D eigenvalue weighted by Gasteiger charge is 2.22. The molecular formula is C20H28O3S. The van der Waals surface area contributed by atoms with E-state index in [0.717, 1.165) is 60.4 Å². The summed E-state index contributed by atoms with van der Waals surface area (Å²) in [6.07, 6.45) is 7.52. The molecule has 2 aromatic carbocycles. The maximum Gasteiger partial charge on any atom is 0.295 e. The Balaban J connectivity index is 2.61. The third-order valence-corrected chi connectivity index (χ3v) is 5.54. The van der Waals surface area contributed by atoms with Crippen molar-refractivity contribution in [1.29, 1.82) is 0 Å². The Bertz CT molecular complexity index is 779. The van der Waals surface area contributed by atoms with Crippen LogP contribution in [0.4, 0.5) is 0 Å². The summed E-state index contributed by atoms with van der Waals surface area (Å²) in [5, 5.41) is 2.00. The summed E-state index contributed by atoms with van der Waals surface area (Å²) < 4.78 is 34.2. The zero-order valence-corrected chi connectivity index (χ0v) is 15.5. The minimum absolute atomic E-state index is 0.161. The number of rotatable bonds is 9. The minimum atomic E-state index is -4.23. The van der Waals surface area contributed by atoms with Crippen molar-refractivity contribution >= 4 is 20.9 Å². The quantitative estimate of drug-likeness (QED) is 0.477. The molecule has 0 saturated carbocycles. The van der Waals surface area contributed by atoms with Crippen molar-refractivity contribution in [3.05, 3.63) is 41.5 Å². The van der Waals surface area contributed by atoms with Crippen molar-refractivity contribution in [1.82, 2.24) is 0 Å². The number of benzene rings is 2. The molecule has 0 aliphatic heterocycles. The van der Waals surface area contributed by atoms with Crippen molar-refractivity contribution in [3.63, 3.8) is 0 Å². The summed E-state index contributed by atoms with van der Waals surface area (Å²) in [6, 6.07) is 9.82. The lowest BCUT2D eigenvalue weighted by molar-refractivity contribution is 0.480. The van der Waals surface area contributed by atoms with E-state index in [2.05, 4.69) is 13.8 Å². The first-order chi connectivity index (χ1) is 11.5. The first kappa shape index (κ1) is 18.9. The van der Waals surface area contributed by atoms with Crippen LogP contribution in [-0.2, 0) is 23.0 Å². The summed E-state index contributed by atoms with van der Waals surface area (Å²) in [4.78, 5) is 0.161. The average Bonchev–Trinajstić information content (AvgIpc) is 2.54. The maximum absolute atomic E-state index is 12.1. The predicted molar refractivity (Wildman–Crippen MR) is 100 cm³/mol. The molecular weight excluding hydrogens is 320 g/mol. The van der Waals surface area contributed by atoms with E-state index in [4.69, 9.17) is 0 Å². The zero-order chi connectivity index (χ0) is 17.6. The van der Waals surface area contributed by atoms with Crippen LogP contribution in [0.25, 0.3) is 10.8 Å². The van der Waals surface area contributed by atoms with Gasteiger partial charge in [-0.05, 0) is 53.6 Å². The Labute approximate surface area is 145 Å². The van der Waals surface area contributed by atoms with Gasteiger partial charge in [-0.25, -0.2) is 0 Å². The number of unbranched alkanes of at least 4 members (excludes halogenated alkanes) is 4. The molecule has 24 heavy (non-hydrogen) atoms. The fourth-order valence-electron chi connectivity index (χ4n) is 3.34.